The molecule has 0 aromatic heterocycles. The van der Waals surface area contributed by atoms with Crippen molar-refractivity contribution in [2.24, 2.45) is 0 Å². The quantitative estimate of drug-likeness (QED) is 0.592. The van der Waals surface area contributed by atoms with Crippen LogP contribution >= 0.6 is 15.9 Å². The fourth-order valence-corrected chi connectivity index (χ4v) is 4.45. The van der Waals surface area contributed by atoms with E-state index in [1.165, 1.54) is 0 Å². The standard InChI is InChI=1S/C21H23BrO3S/c1-4-8-19(23)21(17-12-20(24)18(22)11-14(17)2)15(3)13-26(25)16-9-6-5-7-10-16/h5-7,9-12,24H,4,8,13H2,1-3H3/b21-15-. The van der Waals surface area contributed by atoms with Crippen molar-refractivity contribution in [1.82, 2.24) is 0 Å². The molecule has 0 radical (unpaired) electrons. The van der Waals surface area contributed by atoms with Crippen LogP contribution in [-0.4, -0.2) is 20.9 Å². The number of hydrogen-bond acceptors (Lipinski definition) is 3. The van der Waals surface area contributed by atoms with Gasteiger partial charge in [-0.15, -0.1) is 0 Å². The second-order valence-corrected chi connectivity index (χ2v) is 8.56. The smallest absolute Gasteiger partial charge is 0.163 e. The number of phenols is 1. The SMILES string of the molecule is CCCC(=O)/C(=C(/C)CS(=O)c1ccccc1)c1cc(O)c(Br)cc1C. The van der Waals surface area contributed by atoms with Crippen LogP contribution in [0.1, 0.15) is 37.8 Å². The van der Waals surface area contributed by atoms with Gasteiger partial charge in [-0.1, -0.05) is 25.1 Å². The predicted molar refractivity (Wildman–Crippen MR) is 111 cm³/mol. The number of aryl methyl sites for hydroxylation is 1. The molecule has 2 aromatic rings. The third-order valence-corrected chi connectivity index (χ3v) is 6.23. The van der Waals surface area contributed by atoms with Gasteiger partial charge in [-0.25, -0.2) is 0 Å². The molecule has 0 fully saturated rings. The third kappa shape index (κ3) is 4.92. The first-order chi connectivity index (χ1) is 12.3. The molecular weight excluding hydrogens is 412 g/mol. The summed E-state index contributed by atoms with van der Waals surface area (Å²) >= 11 is 3.31. The molecule has 0 bridgehead atoms. The molecule has 1 atom stereocenters. The van der Waals surface area contributed by atoms with Crippen molar-refractivity contribution in [3.63, 3.8) is 0 Å². The molecule has 0 saturated heterocycles. The molecule has 0 heterocycles. The van der Waals surface area contributed by atoms with Crippen LogP contribution in [-0.2, 0) is 15.6 Å². The van der Waals surface area contributed by atoms with Gasteiger partial charge in [0, 0.05) is 22.6 Å². The Morgan fingerprint density at radius 3 is 2.46 bits per heavy atom. The molecule has 1 unspecified atom stereocenters. The van der Waals surface area contributed by atoms with Crippen LogP contribution in [0, 0.1) is 6.92 Å². The number of benzene rings is 2. The van der Waals surface area contributed by atoms with Crippen LogP contribution in [0.15, 0.2) is 57.4 Å². The molecule has 26 heavy (non-hydrogen) atoms. The summed E-state index contributed by atoms with van der Waals surface area (Å²) in [5.41, 5.74) is 2.93. The second-order valence-electron chi connectivity index (χ2n) is 6.25. The van der Waals surface area contributed by atoms with E-state index in [1.807, 2.05) is 51.1 Å². The fourth-order valence-electron chi connectivity index (χ4n) is 2.83. The highest BCUT2D eigenvalue weighted by Gasteiger charge is 2.19. The zero-order chi connectivity index (χ0) is 19.3. The van der Waals surface area contributed by atoms with Gasteiger partial charge in [0.2, 0.25) is 0 Å². The molecule has 1 N–H and O–H groups in total. The number of allylic oxidation sites excluding steroid dienone is 1. The Labute approximate surface area is 165 Å². The normalized spacial score (nSPS) is 13.2. The van der Waals surface area contributed by atoms with E-state index >= 15 is 0 Å². The first-order valence-corrected chi connectivity index (χ1v) is 10.6. The first-order valence-electron chi connectivity index (χ1n) is 8.51. The molecule has 2 aromatic carbocycles. The number of Topliss-reactive ketones (excluding diaryl/α,β-unsaturated/α-hetero) is 1. The third-order valence-electron chi connectivity index (χ3n) is 4.10. The van der Waals surface area contributed by atoms with E-state index in [-0.39, 0.29) is 17.3 Å². The van der Waals surface area contributed by atoms with Crippen molar-refractivity contribution in [2.45, 2.75) is 38.5 Å². The van der Waals surface area contributed by atoms with Crippen LogP contribution in [0.5, 0.6) is 5.75 Å². The maximum atomic E-state index is 12.8. The molecule has 0 amide bonds. The summed E-state index contributed by atoms with van der Waals surface area (Å²) in [6.07, 6.45) is 1.15. The summed E-state index contributed by atoms with van der Waals surface area (Å²) in [5.74, 6) is 0.384. The Hall–Kier alpha value is -1.72. The second kappa shape index (κ2) is 9.28. The molecule has 3 nitrogen and oxygen atoms in total. The van der Waals surface area contributed by atoms with Crippen molar-refractivity contribution in [1.29, 1.82) is 0 Å². The molecule has 0 aliphatic carbocycles. The lowest BCUT2D eigenvalue weighted by atomic mass is 9.92. The van der Waals surface area contributed by atoms with E-state index in [0.717, 1.165) is 22.5 Å². The highest BCUT2D eigenvalue weighted by atomic mass is 79.9. The van der Waals surface area contributed by atoms with Crippen molar-refractivity contribution in [2.75, 3.05) is 5.75 Å². The zero-order valence-corrected chi connectivity index (χ0v) is 17.6. The fraction of sp³-hybridized carbons (Fsp3) is 0.286. The summed E-state index contributed by atoms with van der Waals surface area (Å²) < 4.78 is 13.3. The minimum Gasteiger partial charge on any atom is -0.507 e. The van der Waals surface area contributed by atoms with E-state index in [9.17, 15) is 14.1 Å². The van der Waals surface area contributed by atoms with Crippen LogP contribution in [0.3, 0.4) is 0 Å². The van der Waals surface area contributed by atoms with Crippen LogP contribution in [0.4, 0.5) is 0 Å². The van der Waals surface area contributed by atoms with Gasteiger partial charge in [-0.05, 0) is 77.2 Å². The van der Waals surface area contributed by atoms with Gasteiger partial charge in [0.15, 0.2) is 5.78 Å². The summed E-state index contributed by atoms with van der Waals surface area (Å²) in [6.45, 7) is 5.71. The first kappa shape index (κ1) is 20.6. The Balaban J connectivity index is 2.50. The van der Waals surface area contributed by atoms with Gasteiger partial charge in [0.25, 0.3) is 0 Å². The Morgan fingerprint density at radius 2 is 1.85 bits per heavy atom. The van der Waals surface area contributed by atoms with Crippen molar-refractivity contribution < 1.29 is 14.1 Å². The van der Waals surface area contributed by atoms with Crippen molar-refractivity contribution in [3.8, 4) is 5.75 Å². The average Bonchev–Trinajstić information content (AvgIpc) is 2.60. The molecular formula is C21H23BrO3S. The summed E-state index contributed by atoms with van der Waals surface area (Å²) in [4.78, 5) is 13.5. The zero-order valence-electron chi connectivity index (χ0n) is 15.2. The van der Waals surface area contributed by atoms with Crippen LogP contribution < -0.4 is 0 Å². The highest BCUT2D eigenvalue weighted by Crippen LogP contribution is 2.33. The van der Waals surface area contributed by atoms with Gasteiger partial charge >= 0.3 is 0 Å². The van der Waals surface area contributed by atoms with Gasteiger partial charge in [0.05, 0.1) is 15.3 Å². The topological polar surface area (TPSA) is 54.4 Å². The molecule has 0 spiro atoms. The lowest BCUT2D eigenvalue weighted by Crippen LogP contribution is -2.10. The van der Waals surface area contributed by atoms with E-state index in [4.69, 9.17) is 0 Å². The Morgan fingerprint density at radius 1 is 1.19 bits per heavy atom. The largest absolute Gasteiger partial charge is 0.507 e. The number of aromatic hydroxyl groups is 1. The summed E-state index contributed by atoms with van der Waals surface area (Å²) in [5, 5.41) is 10.1. The number of phenolic OH excluding ortho intramolecular Hbond substituents is 1. The minimum atomic E-state index is -1.23. The molecule has 2 rings (SSSR count). The number of ketones is 1. The van der Waals surface area contributed by atoms with Gasteiger partial charge in [0.1, 0.15) is 5.75 Å². The van der Waals surface area contributed by atoms with E-state index in [1.54, 1.807) is 12.1 Å². The van der Waals surface area contributed by atoms with E-state index in [2.05, 4.69) is 15.9 Å². The maximum absolute atomic E-state index is 12.8. The van der Waals surface area contributed by atoms with Crippen molar-refractivity contribution >= 4 is 38.1 Å². The van der Waals surface area contributed by atoms with Gasteiger partial charge in [-0.3, -0.25) is 9.00 Å². The number of carbonyl (C=O) groups excluding carboxylic acids is 1. The van der Waals surface area contributed by atoms with E-state index < -0.39 is 10.8 Å². The lowest BCUT2D eigenvalue weighted by Gasteiger charge is -2.15. The minimum absolute atomic E-state index is 0.0138. The molecule has 5 heteroatoms. The monoisotopic (exact) mass is 434 g/mol. The number of halogens is 1. The summed E-state index contributed by atoms with van der Waals surface area (Å²) in [6, 6.07) is 12.6. The highest BCUT2D eigenvalue weighted by molar-refractivity contribution is 9.10. The van der Waals surface area contributed by atoms with Crippen LogP contribution in [0.2, 0.25) is 0 Å². The molecule has 138 valence electrons. The average molecular weight is 435 g/mol. The predicted octanol–water partition coefficient (Wildman–Crippen LogP) is 5.41. The summed E-state index contributed by atoms with van der Waals surface area (Å²) in [7, 11) is -1.23. The maximum Gasteiger partial charge on any atom is 0.163 e. The van der Waals surface area contributed by atoms with Crippen LogP contribution in [0.25, 0.3) is 5.57 Å². The number of hydrogen-bond donors (Lipinski definition) is 1. The molecule has 0 aliphatic heterocycles. The lowest BCUT2D eigenvalue weighted by molar-refractivity contribution is -0.113. The van der Waals surface area contributed by atoms with Crippen molar-refractivity contribution in [3.05, 3.63) is 63.6 Å². The molecule has 0 saturated carbocycles. The molecule has 0 aliphatic rings. The number of rotatable bonds is 7. The van der Waals surface area contributed by atoms with Gasteiger partial charge < -0.3 is 5.11 Å². The number of carbonyl (C=O) groups is 1. The van der Waals surface area contributed by atoms with E-state index in [0.29, 0.717) is 22.0 Å². The van der Waals surface area contributed by atoms with Gasteiger partial charge in [-0.2, -0.15) is 0 Å². The Kier molecular flexibility index (Phi) is 7.35. The Bertz CT molecular complexity index is 857.